The number of nitrogens with zero attached hydrogens (tertiary/aromatic N) is 4. The molecule has 0 unspecified atom stereocenters. The number of nitrogens with two attached hydrogens (primary N) is 1. The Hall–Kier alpha value is -1.10. The van der Waals surface area contributed by atoms with E-state index in [0.29, 0.717) is 16.4 Å². The number of fused-ring (bicyclic) bond motifs is 1. The molecule has 0 amide bonds. The molecular weight excluding hydrogens is 507 g/mol. The lowest BCUT2D eigenvalue weighted by Crippen LogP contribution is -2.28. The average Bonchev–Trinajstić information content (AvgIpc) is 2.91. The highest BCUT2D eigenvalue weighted by Gasteiger charge is 2.16. The quantitative estimate of drug-likeness (QED) is 0.336. The van der Waals surface area contributed by atoms with E-state index in [1.54, 1.807) is 11.8 Å². The maximum atomic E-state index is 6.22. The number of halogens is 2. The highest BCUT2D eigenvalue weighted by molar-refractivity contribution is 14.1. The molecule has 0 aliphatic heterocycles. The number of hydrogen-bond acceptors (Lipinski definition) is 6. The zero-order chi connectivity index (χ0) is 20.3. The summed E-state index contributed by atoms with van der Waals surface area (Å²) in [4.78, 5) is 14.3. The first-order chi connectivity index (χ1) is 13.2. The van der Waals surface area contributed by atoms with Crippen LogP contribution in [0.2, 0.25) is 5.02 Å². The second-order valence-electron chi connectivity index (χ2n) is 7.78. The van der Waals surface area contributed by atoms with E-state index in [1.807, 2.05) is 12.1 Å². The molecule has 6 nitrogen and oxygen atoms in total. The molecule has 9 heteroatoms. The van der Waals surface area contributed by atoms with E-state index in [9.17, 15) is 0 Å². The van der Waals surface area contributed by atoms with Crippen molar-refractivity contribution in [3.63, 3.8) is 0 Å². The molecule has 0 fully saturated rings. The van der Waals surface area contributed by atoms with Gasteiger partial charge in [0.2, 0.25) is 0 Å². The lowest BCUT2D eigenvalue weighted by Gasteiger charge is -2.18. The van der Waals surface area contributed by atoms with E-state index in [1.165, 1.54) is 6.33 Å². The summed E-state index contributed by atoms with van der Waals surface area (Å²) in [7, 11) is 0. The first-order valence-electron chi connectivity index (χ1n) is 9.04. The first kappa shape index (κ1) is 21.6. The summed E-state index contributed by atoms with van der Waals surface area (Å²) in [6.07, 6.45) is 2.45. The van der Waals surface area contributed by atoms with Crippen LogP contribution in [-0.2, 0) is 6.54 Å². The molecular formula is C19H24ClIN6S. The second-order valence-corrected chi connectivity index (χ2v) is 10.5. The summed E-state index contributed by atoms with van der Waals surface area (Å²) >= 11 is 10.0. The first-order valence-corrected chi connectivity index (χ1v) is 11.3. The predicted octanol–water partition coefficient (Wildman–Crippen LogP) is 4.84. The van der Waals surface area contributed by atoms with E-state index in [0.717, 1.165) is 45.3 Å². The van der Waals surface area contributed by atoms with Crippen LogP contribution in [0.3, 0.4) is 0 Å². The third kappa shape index (κ3) is 5.71. The third-order valence-corrected chi connectivity index (χ3v) is 5.77. The SMILES string of the molecule is CC(C)(C)CNCCCn1c(Sc2cc(Cl)cc(I)c2)nc2c(N)ncnc21. The number of nitrogen functional groups attached to an aromatic ring is 1. The number of imidazole rings is 1. The summed E-state index contributed by atoms with van der Waals surface area (Å²) in [6.45, 7) is 9.38. The number of rotatable bonds is 7. The minimum Gasteiger partial charge on any atom is -0.382 e. The maximum Gasteiger partial charge on any atom is 0.175 e. The normalized spacial score (nSPS) is 12.0. The van der Waals surface area contributed by atoms with Crippen molar-refractivity contribution in [1.82, 2.24) is 24.8 Å². The molecule has 0 atom stereocenters. The lowest BCUT2D eigenvalue weighted by atomic mass is 9.97. The van der Waals surface area contributed by atoms with Crippen LogP contribution in [0.25, 0.3) is 11.2 Å². The number of aromatic nitrogens is 4. The zero-order valence-corrected chi connectivity index (χ0v) is 19.9. The zero-order valence-electron chi connectivity index (χ0n) is 16.2. The fourth-order valence-electron chi connectivity index (χ4n) is 2.73. The van der Waals surface area contributed by atoms with Crippen molar-refractivity contribution in [3.8, 4) is 0 Å². The molecule has 2 aromatic heterocycles. The molecule has 2 heterocycles. The summed E-state index contributed by atoms with van der Waals surface area (Å²) < 4.78 is 3.20. The van der Waals surface area contributed by atoms with Crippen molar-refractivity contribution < 1.29 is 0 Å². The molecule has 0 bridgehead atoms. The van der Waals surface area contributed by atoms with Crippen molar-refractivity contribution in [2.45, 2.75) is 43.8 Å². The number of hydrogen-bond donors (Lipinski definition) is 2. The van der Waals surface area contributed by atoms with E-state index < -0.39 is 0 Å². The molecule has 0 spiro atoms. The van der Waals surface area contributed by atoms with E-state index >= 15 is 0 Å². The van der Waals surface area contributed by atoms with Crippen molar-refractivity contribution in [3.05, 3.63) is 33.1 Å². The molecule has 0 radical (unpaired) electrons. The molecule has 3 rings (SSSR count). The topological polar surface area (TPSA) is 81.7 Å². The monoisotopic (exact) mass is 530 g/mol. The molecule has 3 N–H and O–H groups in total. The van der Waals surface area contributed by atoms with E-state index in [2.05, 4.69) is 69.3 Å². The van der Waals surface area contributed by atoms with Crippen LogP contribution in [0.4, 0.5) is 5.82 Å². The minimum atomic E-state index is 0.272. The van der Waals surface area contributed by atoms with Crippen LogP contribution >= 0.6 is 46.0 Å². The Balaban J connectivity index is 1.82. The Bertz CT molecular complexity index is 949. The molecule has 0 aliphatic carbocycles. The molecule has 0 saturated carbocycles. The van der Waals surface area contributed by atoms with Gasteiger partial charge < -0.3 is 15.6 Å². The summed E-state index contributed by atoms with van der Waals surface area (Å²) in [5.74, 6) is 0.400. The smallest absolute Gasteiger partial charge is 0.175 e. The van der Waals surface area contributed by atoms with Gasteiger partial charge in [-0.1, -0.05) is 44.1 Å². The maximum absolute atomic E-state index is 6.22. The largest absolute Gasteiger partial charge is 0.382 e. The van der Waals surface area contributed by atoms with Gasteiger partial charge in [-0.25, -0.2) is 15.0 Å². The van der Waals surface area contributed by atoms with Crippen molar-refractivity contribution >= 4 is 62.9 Å². The summed E-state index contributed by atoms with van der Waals surface area (Å²) in [6, 6.07) is 5.96. The van der Waals surface area contributed by atoms with Crippen LogP contribution in [0.5, 0.6) is 0 Å². The molecule has 1 aromatic carbocycles. The molecule has 0 saturated heterocycles. The van der Waals surface area contributed by atoms with Crippen molar-refractivity contribution in [1.29, 1.82) is 0 Å². The van der Waals surface area contributed by atoms with Crippen LogP contribution in [0.1, 0.15) is 27.2 Å². The van der Waals surface area contributed by atoms with Gasteiger partial charge in [0.15, 0.2) is 22.1 Å². The summed E-state index contributed by atoms with van der Waals surface area (Å²) in [5, 5.41) is 5.07. The van der Waals surface area contributed by atoms with Crippen molar-refractivity contribution in [2.75, 3.05) is 18.8 Å². The van der Waals surface area contributed by atoms with Crippen LogP contribution < -0.4 is 11.1 Å². The van der Waals surface area contributed by atoms with Crippen LogP contribution in [0, 0.1) is 8.99 Å². The van der Waals surface area contributed by atoms with Crippen LogP contribution in [-0.4, -0.2) is 32.6 Å². The summed E-state index contributed by atoms with van der Waals surface area (Å²) in [5.41, 5.74) is 7.71. The average molecular weight is 531 g/mol. The Labute approximate surface area is 188 Å². The van der Waals surface area contributed by atoms with Gasteiger partial charge in [-0.2, -0.15) is 0 Å². The Morgan fingerprint density at radius 2 is 2.04 bits per heavy atom. The molecule has 3 aromatic rings. The van der Waals surface area contributed by atoms with Crippen LogP contribution in [0.15, 0.2) is 34.6 Å². The standard InChI is InChI=1S/C19H24ClIN6S/c1-19(2,3)10-23-5-4-6-27-17-15(16(22)24-11-25-17)26-18(27)28-14-8-12(20)7-13(21)9-14/h7-9,11,23H,4-6,10H2,1-3H3,(H2,22,24,25). The van der Waals surface area contributed by atoms with E-state index in [4.69, 9.17) is 22.3 Å². The molecule has 0 aliphatic rings. The van der Waals surface area contributed by atoms with Gasteiger partial charge in [0.25, 0.3) is 0 Å². The van der Waals surface area contributed by atoms with Gasteiger partial charge in [0.1, 0.15) is 6.33 Å². The number of aryl methyl sites for hydroxylation is 1. The highest BCUT2D eigenvalue weighted by Crippen LogP contribution is 2.33. The molecule has 150 valence electrons. The van der Waals surface area contributed by atoms with Gasteiger partial charge in [-0.05, 0) is 65.7 Å². The van der Waals surface area contributed by atoms with Gasteiger partial charge in [0, 0.05) is 20.0 Å². The Morgan fingerprint density at radius 3 is 2.75 bits per heavy atom. The Kier molecular flexibility index (Phi) is 7.06. The number of benzene rings is 1. The number of anilines is 1. The lowest BCUT2D eigenvalue weighted by molar-refractivity contribution is 0.376. The van der Waals surface area contributed by atoms with Gasteiger partial charge in [-0.15, -0.1) is 0 Å². The number of nitrogens with one attached hydrogen (secondary N) is 1. The second kappa shape index (κ2) is 9.15. The van der Waals surface area contributed by atoms with Gasteiger partial charge >= 0.3 is 0 Å². The fraction of sp³-hybridized carbons (Fsp3) is 0.421. The predicted molar refractivity (Wildman–Crippen MR) is 125 cm³/mol. The van der Waals surface area contributed by atoms with Gasteiger partial charge in [-0.3, -0.25) is 0 Å². The minimum absolute atomic E-state index is 0.272. The highest BCUT2D eigenvalue weighted by atomic mass is 127. The van der Waals surface area contributed by atoms with E-state index in [-0.39, 0.29) is 5.41 Å². The molecule has 28 heavy (non-hydrogen) atoms. The van der Waals surface area contributed by atoms with Gasteiger partial charge in [0.05, 0.1) is 0 Å². The van der Waals surface area contributed by atoms with Crippen molar-refractivity contribution in [2.24, 2.45) is 5.41 Å². The fourth-order valence-corrected chi connectivity index (χ4v) is 5.11. The Morgan fingerprint density at radius 1 is 1.25 bits per heavy atom. The third-order valence-electron chi connectivity index (χ3n) is 3.96.